The second kappa shape index (κ2) is 9.78. The van der Waals surface area contributed by atoms with Crippen molar-refractivity contribution in [3.8, 4) is 23.5 Å². The third-order valence-corrected chi connectivity index (χ3v) is 6.33. The third-order valence-electron chi connectivity index (χ3n) is 6.33. The van der Waals surface area contributed by atoms with Crippen molar-refractivity contribution in [2.24, 2.45) is 0 Å². The van der Waals surface area contributed by atoms with Crippen LogP contribution >= 0.6 is 0 Å². The van der Waals surface area contributed by atoms with E-state index in [1.54, 1.807) is 0 Å². The van der Waals surface area contributed by atoms with Gasteiger partial charge >= 0.3 is 12.1 Å². The summed E-state index contributed by atoms with van der Waals surface area (Å²) in [6.07, 6.45) is 5.92. The molecule has 1 saturated heterocycles. The zero-order valence-electron chi connectivity index (χ0n) is 18.2. The molecule has 2 amide bonds. The molecule has 7 heteroatoms. The van der Waals surface area contributed by atoms with E-state index in [4.69, 9.17) is 16.3 Å². The highest BCUT2D eigenvalue weighted by atomic mass is 16.5. The van der Waals surface area contributed by atoms with Crippen molar-refractivity contribution in [3.05, 3.63) is 59.7 Å². The number of hydrogen-bond donors (Lipinski definition) is 2. The van der Waals surface area contributed by atoms with Crippen molar-refractivity contribution in [3.63, 3.8) is 0 Å². The lowest BCUT2D eigenvalue weighted by molar-refractivity contribution is -0.140. The standard InChI is InChI=1S/C26H26N2O5/c1-2-8-23(25(31)28-14-7-9-17(28)15-24(29)30)27-26(32)33-16-22-20-12-5-3-10-18(20)19-11-4-6-13-21(19)22/h1,3-6,10-13,17,22-23H,7-9,14-16H2,(H,27,32)(H,29,30)/t17-,23?/m1/s1. The highest BCUT2D eigenvalue weighted by Crippen LogP contribution is 2.44. The van der Waals surface area contributed by atoms with Gasteiger partial charge in [-0.05, 0) is 35.1 Å². The van der Waals surface area contributed by atoms with Crippen LogP contribution in [0.2, 0.25) is 0 Å². The summed E-state index contributed by atoms with van der Waals surface area (Å²) in [5, 5.41) is 11.7. The lowest BCUT2D eigenvalue weighted by atomic mass is 9.98. The molecule has 1 heterocycles. The molecule has 1 aliphatic heterocycles. The van der Waals surface area contributed by atoms with Gasteiger partial charge < -0.3 is 20.1 Å². The monoisotopic (exact) mass is 446 g/mol. The summed E-state index contributed by atoms with van der Waals surface area (Å²) in [4.78, 5) is 38.3. The second-order valence-corrected chi connectivity index (χ2v) is 8.36. The number of carbonyl (C=O) groups excluding carboxylic acids is 2. The van der Waals surface area contributed by atoms with Gasteiger partial charge in [-0.1, -0.05) is 48.5 Å². The van der Waals surface area contributed by atoms with Gasteiger partial charge in [-0.25, -0.2) is 4.79 Å². The Bertz CT molecular complexity index is 1060. The smallest absolute Gasteiger partial charge is 0.407 e. The largest absolute Gasteiger partial charge is 0.481 e. The minimum Gasteiger partial charge on any atom is -0.481 e. The van der Waals surface area contributed by atoms with Crippen molar-refractivity contribution in [2.45, 2.75) is 43.7 Å². The maximum absolute atomic E-state index is 13.0. The molecule has 2 aromatic rings. The molecule has 2 atom stereocenters. The van der Waals surface area contributed by atoms with Gasteiger partial charge in [0.25, 0.3) is 0 Å². The summed E-state index contributed by atoms with van der Waals surface area (Å²) in [6.45, 7) is 0.576. The Morgan fingerprint density at radius 3 is 2.36 bits per heavy atom. The highest BCUT2D eigenvalue weighted by molar-refractivity contribution is 5.87. The van der Waals surface area contributed by atoms with E-state index in [2.05, 4.69) is 23.4 Å². The van der Waals surface area contributed by atoms with Crippen LogP contribution in [-0.2, 0) is 14.3 Å². The van der Waals surface area contributed by atoms with Crippen LogP contribution in [0.1, 0.15) is 42.7 Å². The van der Waals surface area contributed by atoms with Gasteiger partial charge in [0.2, 0.25) is 5.91 Å². The molecule has 1 unspecified atom stereocenters. The van der Waals surface area contributed by atoms with Gasteiger partial charge in [0, 0.05) is 24.9 Å². The van der Waals surface area contributed by atoms with E-state index in [1.807, 2.05) is 36.4 Å². The number of rotatable bonds is 7. The van der Waals surface area contributed by atoms with Crippen LogP contribution in [-0.4, -0.2) is 53.2 Å². The Labute approximate surface area is 192 Å². The fourth-order valence-corrected chi connectivity index (χ4v) is 4.84. The number of nitrogens with zero attached hydrogens (tertiary/aromatic N) is 1. The van der Waals surface area contributed by atoms with Gasteiger partial charge in [0.05, 0.1) is 6.42 Å². The molecule has 33 heavy (non-hydrogen) atoms. The average molecular weight is 447 g/mol. The normalized spacial score (nSPS) is 17.5. The molecule has 2 aliphatic rings. The van der Waals surface area contributed by atoms with Crippen LogP contribution in [0.5, 0.6) is 0 Å². The van der Waals surface area contributed by atoms with Crippen molar-refractivity contribution < 1.29 is 24.2 Å². The quantitative estimate of drug-likeness (QED) is 0.636. The summed E-state index contributed by atoms with van der Waals surface area (Å²) in [6, 6.07) is 14.7. The number of benzene rings is 2. The van der Waals surface area contributed by atoms with Gasteiger partial charge in [-0.15, -0.1) is 12.3 Å². The van der Waals surface area contributed by atoms with Gasteiger partial charge in [-0.3, -0.25) is 9.59 Å². The summed E-state index contributed by atoms with van der Waals surface area (Å²) in [5.41, 5.74) is 4.44. The van der Waals surface area contributed by atoms with Crippen molar-refractivity contribution in [1.29, 1.82) is 0 Å². The van der Waals surface area contributed by atoms with E-state index in [0.29, 0.717) is 13.0 Å². The molecule has 0 saturated carbocycles. The van der Waals surface area contributed by atoms with Crippen molar-refractivity contribution >= 4 is 18.0 Å². The van der Waals surface area contributed by atoms with E-state index in [0.717, 1.165) is 28.7 Å². The maximum Gasteiger partial charge on any atom is 0.407 e. The number of carboxylic acid groups (broad SMARTS) is 1. The van der Waals surface area contributed by atoms with Crippen LogP contribution in [0.3, 0.4) is 0 Å². The molecule has 1 fully saturated rings. The number of hydrogen-bond acceptors (Lipinski definition) is 4. The second-order valence-electron chi connectivity index (χ2n) is 8.36. The number of carbonyl (C=O) groups is 3. The van der Waals surface area contributed by atoms with E-state index >= 15 is 0 Å². The number of alkyl carbamates (subject to hydrolysis) is 1. The summed E-state index contributed by atoms with van der Waals surface area (Å²) >= 11 is 0. The highest BCUT2D eigenvalue weighted by Gasteiger charge is 2.35. The third kappa shape index (κ3) is 4.70. The number of amides is 2. The van der Waals surface area contributed by atoms with Crippen LogP contribution in [0.4, 0.5) is 4.79 Å². The first kappa shape index (κ1) is 22.4. The number of ether oxygens (including phenoxy) is 1. The number of nitrogens with one attached hydrogen (secondary N) is 1. The molecule has 1 aliphatic carbocycles. The summed E-state index contributed by atoms with van der Waals surface area (Å²) in [5.74, 6) is 0.998. The van der Waals surface area contributed by atoms with Crippen LogP contribution in [0, 0.1) is 12.3 Å². The SMILES string of the molecule is C#CCC(NC(=O)OCC1c2ccccc2-c2ccccc21)C(=O)N1CCC[C@@H]1CC(=O)O. The fraction of sp³-hybridized carbons (Fsp3) is 0.346. The van der Waals surface area contributed by atoms with Crippen molar-refractivity contribution in [2.75, 3.05) is 13.2 Å². The Balaban J connectivity index is 1.42. The Morgan fingerprint density at radius 2 is 1.76 bits per heavy atom. The van der Waals surface area contributed by atoms with Crippen molar-refractivity contribution in [1.82, 2.24) is 10.2 Å². The maximum atomic E-state index is 13.0. The summed E-state index contributed by atoms with van der Waals surface area (Å²) < 4.78 is 5.54. The van der Waals surface area contributed by atoms with E-state index in [1.165, 1.54) is 4.90 Å². The lowest BCUT2D eigenvalue weighted by Crippen LogP contribution is -2.50. The fourth-order valence-electron chi connectivity index (χ4n) is 4.84. The first-order valence-electron chi connectivity index (χ1n) is 11.1. The number of likely N-dealkylation sites (tertiary alicyclic amines) is 1. The predicted molar refractivity (Wildman–Crippen MR) is 122 cm³/mol. The first-order chi connectivity index (χ1) is 16.0. The average Bonchev–Trinajstić information content (AvgIpc) is 3.39. The van der Waals surface area contributed by atoms with Gasteiger partial charge in [-0.2, -0.15) is 0 Å². The van der Waals surface area contributed by atoms with E-state index in [9.17, 15) is 14.4 Å². The number of terminal acetylenes is 1. The first-order valence-corrected chi connectivity index (χ1v) is 11.1. The molecular formula is C26H26N2O5. The molecule has 0 radical (unpaired) electrons. The molecule has 2 N–H and O–H groups in total. The van der Waals surface area contributed by atoms with E-state index in [-0.39, 0.29) is 37.3 Å². The number of fused-ring (bicyclic) bond motifs is 3. The Morgan fingerprint density at radius 1 is 1.12 bits per heavy atom. The molecule has 0 spiro atoms. The molecule has 2 aromatic carbocycles. The Kier molecular flexibility index (Phi) is 6.64. The lowest BCUT2D eigenvalue weighted by Gasteiger charge is -2.28. The van der Waals surface area contributed by atoms with Gasteiger partial charge in [0.15, 0.2) is 0 Å². The number of aliphatic carboxylic acids is 1. The minimum absolute atomic E-state index is 0.000674. The van der Waals surface area contributed by atoms with Gasteiger partial charge in [0.1, 0.15) is 12.6 Å². The molecule has 0 aromatic heterocycles. The number of carboxylic acids is 1. The minimum atomic E-state index is -0.960. The van der Waals surface area contributed by atoms with Crippen LogP contribution in [0.15, 0.2) is 48.5 Å². The predicted octanol–water partition coefficient (Wildman–Crippen LogP) is 3.38. The van der Waals surface area contributed by atoms with E-state index < -0.39 is 18.1 Å². The van der Waals surface area contributed by atoms with Crippen LogP contribution in [0.25, 0.3) is 11.1 Å². The summed E-state index contributed by atoms with van der Waals surface area (Å²) in [7, 11) is 0. The molecule has 7 nitrogen and oxygen atoms in total. The molecular weight excluding hydrogens is 420 g/mol. The molecule has 0 bridgehead atoms. The zero-order valence-corrected chi connectivity index (χ0v) is 18.2. The molecule has 4 rings (SSSR count). The van der Waals surface area contributed by atoms with Crippen LogP contribution < -0.4 is 5.32 Å². The molecule has 170 valence electrons. The zero-order chi connectivity index (χ0) is 23.4. The Hall–Kier alpha value is -3.79. The topological polar surface area (TPSA) is 95.9 Å².